The lowest BCUT2D eigenvalue weighted by Gasteiger charge is -2.28. The van der Waals surface area contributed by atoms with E-state index >= 15 is 0 Å². The number of halogens is 1. The Balaban J connectivity index is 1.62. The average Bonchev–Trinajstić information content (AvgIpc) is 3.21. The van der Waals surface area contributed by atoms with Gasteiger partial charge in [-0.3, -0.25) is 9.59 Å². The molecular weight excluding hydrogens is 380 g/mol. The first kappa shape index (κ1) is 20.3. The number of nitrogens with one attached hydrogen (secondary N) is 1. The zero-order chi connectivity index (χ0) is 20.1. The first-order chi connectivity index (χ1) is 13.5. The van der Waals surface area contributed by atoms with Crippen molar-refractivity contribution in [2.24, 2.45) is 0 Å². The molecule has 2 aromatic carbocycles. The van der Waals surface area contributed by atoms with Crippen LogP contribution in [-0.4, -0.2) is 45.7 Å². The number of carbonyl (C=O) groups is 2. The van der Waals surface area contributed by atoms with Crippen LogP contribution in [0.15, 0.2) is 54.6 Å². The van der Waals surface area contributed by atoms with E-state index in [1.54, 1.807) is 18.2 Å². The Morgan fingerprint density at radius 3 is 2.57 bits per heavy atom. The highest BCUT2D eigenvalue weighted by Crippen LogP contribution is 2.33. The van der Waals surface area contributed by atoms with Crippen LogP contribution in [0.3, 0.4) is 0 Å². The van der Waals surface area contributed by atoms with Gasteiger partial charge in [-0.2, -0.15) is 0 Å². The summed E-state index contributed by atoms with van der Waals surface area (Å²) in [7, 11) is 0. The quantitative estimate of drug-likeness (QED) is 0.689. The average molecular weight is 403 g/mol. The molecule has 1 aliphatic rings. The normalized spacial score (nSPS) is 18.5. The molecule has 2 amide bonds. The molecule has 28 heavy (non-hydrogen) atoms. The molecule has 0 radical (unpaired) electrons. The lowest BCUT2D eigenvalue weighted by molar-refractivity contribution is -0.153. The molecule has 6 nitrogen and oxygen atoms in total. The standard InChI is InChI=1S/C21H23ClN2O4/c22-16-9-4-8-15(12-16)17-10-5-11-24(17)21(28)19(26)18(25)20(27)23-13-14-6-2-1-3-7-14/h1-4,6-9,12,17-19,25-26H,5,10-11,13H2,(H,23,27). The maximum Gasteiger partial charge on any atom is 0.255 e. The van der Waals surface area contributed by atoms with E-state index in [0.717, 1.165) is 24.0 Å². The molecule has 1 aliphatic heterocycles. The molecule has 1 saturated heterocycles. The smallest absolute Gasteiger partial charge is 0.255 e. The first-order valence-electron chi connectivity index (χ1n) is 9.21. The Morgan fingerprint density at radius 2 is 1.86 bits per heavy atom. The molecule has 3 atom stereocenters. The lowest BCUT2D eigenvalue weighted by atomic mass is 10.0. The van der Waals surface area contributed by atoms with E-state index in [9.17, 15) is 19.8 Å². The second kappa shape index (κ2) is 9.19. The van der Waals surface area contributed by atoms with Crippen molar-refractivity contribution in [3.8, 4) is 0 Å². The van der Waals surface area contributed by atoms with Crippen molar-refractivity contribution in [2.75, 3.05) is 6.54 Å². The minimum atomic E-state index is -1.84. The molecule has 2 aromatic rings. The van der Waals surface area contributed by atoms with Crippen LogP contribution in [0.4, 0.5) is 0 Å². The SMILES string of the molecule is O=C(NCc1ccccc1)C(O)C(O)C(=O)N1CCCC1c1cccc(Cl)c1. The van der Waals surface area contributed by atoms with Crippen LogP contribution in [0.5, 0.6) is 0 Å². The highest BCUT2D eigenvalue weighted by atomic mass is 35.5. The summed E-state index contributed by atoms with van der Waals surface area (Å²) in [5, 5.41) is 23.6. The van der Waals surface area contributed by atoms with Gasteiger partial charge in [-0.05, 0) is 36.1 Å². The molecule has 3 rings (SSSR count). The molecule has 7 heteroatoms. The fraction of sp³-hybridized carbons (Fsp3) is 0.333. The van der Waals surface area contributed by atoms with Gasteiger partial charge >= 0.3 is 0 Å². The van der Waals surface area contributed by atoms with E-state index in [1.807, 2.05) is 36.4 Å². The van der Waals surface area contributed by atoms with Crippen LogP contribution >= 0.6 is 11.6 Å². The van der Waals surface area contributed by atoms with Crippen molar-refractivity contribution >= 4 is 23.4 Å². The molecule has 3 N–H and O–H groups in total. The highest BCUT2D eigenvalue weighted by molar-refractivity contribution is 6.30. The predicted octanol–water partition coefficient (Wildman–Crippen LogP) is 2.04. The minimum absolute atomic E-state index is 0.201. The van der Waals surface area contributed by atoms with E-state index in [-0.39, 0.29) is 12.6 Å². The van der Waals surface area contributed by atoms with E-state index in [1.165, 1.54) is 4.90 Å². The van der Waals surface area contributed by atoms with Crippen LogP contribution in [0.25, 0.3) is 0 Å². The fourth-order valence-electron chi connectivity index (χ4n) is 3.43. The van der Waals surface area contributed by atoms with Crippen LogP contribution in [0.1, 0.15) is 30.0 Å². The molecule has 0 spiro atoms. The molecule has 1 heterocycles. The number of amides is 2. The summed E-state index contributed by atoms with van der Waals surface area (Å²) in [6.07, 6.45) is -2.16. The van der Waals surface area contributed by atoms with Gasteiger partial charge in [0, 0.05) is 18.1 Å². The monoisotopic (exact) mass is 402 g/mol. The van der Waals surface area contributed by atoms with Gasteiger partial charge in [0.2, 0.25) is 0 Å². The third-order valence-corrected chi connectivity index (χ3v) is 5.13. The maximum atomic E-state index is 12.7. The number of aliphatic hydroxyl groups is 2. The van der Waals surface area contributed by atoms with Crippen molar-refractivity contribution < 1.29 is 19.8 Å². The number of hydrogen-bond acceptors (Lipinski definition) is 4. The van der Waals surface area contributed by atoms with Crippen LogP contribution < -0.4 is 5.32 Å². The fourth-order valence-corrected chi connectivity index (χ4v) is 3.63. The number of nitrogens with zero attached hydrogens (tertiary/aromatic N) is 1. The van der Waals surface area contributed by atoms with Crippen molar-refractivity contribution in [1.29, 1.82) is 0 Å². The van der Waals surface area contributed by atoms with Gasteiger partial charge < -0.3 is 20.4 Å². The zero-order valence-electron chi connectivity index (χ0n) is 15.3. The predicted molar refractivity (Wildman–Crippen MR) is 105 cm³/mol. The molecule has 148 valence electrons. The molecular formula is C21H23ClN2O4. The van der Waals surface area contributed by atoms with Gasteiger partial charge in [-0.15, -0.1) is 0 Å². The van der Waals surface area contributed by atoms with Gasteiger partial charge in [0.05, 0.1) is 6.04 Å². The highest BCUT2D eigenvalue weighted by Gasteiger charge is 2.38. The summed E-state index contributed by atoms with van der Waals surface area (Å²) in [6.45, 7) is 0.651. The van der Waals surface area contributed by atoms with Crippen molar-refractivity contribution in [2.45, 2.75) is 37.6 Å². The topological polar surface area (TPSA) is 89.9 Å². The summed E-state index contributed by atoms with van der Waals surface area (Å²) in [5.74, 6) is -1.45. The van der Waals surface area contributed by atoms with E-state index in [4.69, 9.17) is 11.6 Å². The third kappa shape index (κ3) is 4.70. The van der Waals surface area contributed by atoms with Crippen molar-refractivity contribution in [3.63, 3.8) is 0 Å². The maximum absolute atomic E-state index is 12.7. The number of likely N-dealkylation sites (tertiary alicyclic amines) is 1. The third-order valence-electron chi connectivity index (χ3n) is 4.90. The van der Waals surface area contributed by atoms with Crippen LogP contribution in [-0.2, 0) is 16.1 Å². The Labute approximate surface area is 168 Å². The molecule has 0 saturated carbocycles. The minimum Gasteiger partial charge on any atom is -0.380 e. The van der Waals surface area contributed by atoms with Gasteiger partial charge in [-0.1, -0.05) is 54.1 Å². The van der Waals surface area contributed by atoms with Gasteiger partial charge in [0.15, 0.2) is 12.2 Å². The molecule has 0 bridgehead atoms. The Hall–Kier alpha value is -2.41. The van der Waals surface area contributed by atoms with Gasteiger partial charge in [-0.25, -0.2) is 0 Å². The Kier molecular flexibility index (Phi) is 6.67. The number of carbonyl (C=O) groups excluding carboxylic acids is 2. The zero-order valence-corrected chi connectivity index (χ0v) is 16.0. The Bertz CT molecular complexity index is 830. The second-order valence-corrected chi connectivity index (χ2v) is 7.27. The van der Waals surface area contributed by atoms with Crippen molar-refractivity contribution in [1.82, 2.24) is 10.2 Å². The van der Waals surface area contributed by atoms with Gasteiger partial charge in [0.1, 0.15) is 0 Å². The summed E-state index contributed by atoms with van der Waals surface area (Å²) in [5.41, 5.74) is 1.72. The van der Waals surface area contributed by atoms with E-state index < -0.39 is 24.0 Å². The number of benzene rings is 2. The summed E-state index contributed by atoms with van der Waals surface area (Å²) >= 11 is 6.04. The lowest BCUT2D eigenvalue weighted by Crippen LogP contribution is -2.50. The van der Waals surface area contributed by atoms with Gasteiger partial charge in [0.25, 0.3) is 11.8 Å². The molecule has 0 aromatic heterocycles. The first-order valence-corrected chi connectivity index (χ1v) is 9.59. The van der Waals surface area contributed by atoms with Crippen LogP contribution in [0, 0.1) is 0 Å². The van der Waals surface area contributed by atoms with Crippen LogP contribution in [0.2, 0.25) is 5.02 Å². The second-order valence-electron chi connectivity index (χ2n) is 6.84. The van der Waals surface area contributed by atoms with Crippen molar-refractivity contribution in [3.05, 3.63) is 70.7 Å². The van der Waals surface area contributed by atoms with E-state index in [2.05, 4.69) is 5.32 Å². The van der Waals surface area contributed by atoms with E-state index in [0.29, 0.717) is 11.6 Å². The number of rotatable bonds is 6. The summed E-state index contributed by atoms with van der Waals surface area (Å²) < 4.78 is 0. The number of hydrogen-bond donors (Lipinski definition) is 3. The molecule has 0 aliphatic carbocycles. The summed E-state index contributed by atoms with van der Waals surface area (Å²) in [4.78, 5) is 26.4. The largest absolute Gasteiger partial charge is 0.380 e. The summed E-state index contributed by atoms with van der Waals surface area (Å²) in [6, 6.07) is 16.2. The molecule has 3 unspecified atom stereocenters. The Morgan fingerprint density at radius 1 is 1.11 bits per heavy atom. The molecule has 1 fully saturated rings. The number of aliphatic hydroxyl groups excluding tert-OH is 2.